The molecule has 190 valence electrons. The number of ether oxygens (including phenoxy) is 1. The number of aryl methyl sites for hydroxylation is 1. The van der Waals surface area contributed by atoms with Crippen molar-refractivity contribution in [2.24, 2.45) is 11.3 Å². The number of hydrogen-bond acceptors (Lipinski definition) is 5. The molecule has 2 N–H and O–H groups in total. The fourth-order valence-corrected chi connectivity index (χ4v) is 5.49. The zero-order valence-corrected chi connectivity index (χ0v) is 21.1. The van der Waals surface area contributed by atoms with Gasteiger partial charge in [-0.25, -0.2) is 4.98 Å². The van der Waals surface area contributed by atoms with Crippen LogP contribution in [0.3, 0.4) is 0 Å². The summed E-state index contributed by atoms with van der Waals surface area (Å²) in [7, 11) is 0. The Morgan fingerprint density at radius 1 is 1.11 bits per heavy atom. The van der Waals surface area contributed by atoms with Crippen LogP contribution in [0.25, 0.3) is 0 Å². The lowest BCUT2D eigenvalue weighted by Gasteiger charge is -2.26. The highest BCUT2D eigenvalue weighted by atomic mass is 16.5. The Bertz CT molecular complexity index is 1020. The van der Waals surface area contributed by atoms with Gasteiger partial charge in [-0.3, -0.25) is 9.59 Å². The van der Waals surface area contributed by atoms with E-state index in [-0.39, 0.29) is 36.4 Å². The molecule has 0 aliphatic carbocycles. The highest BCUT2D eigenvalue weighted by Crippen LogP contribution is 2.50. The molecule has 35 heavy (non-hydrogen) atoms. The van der Waals surface area contributed by atoms with Crippen molar-refractivity contribution in [2.75, 3.05) is 6.54 Å². The first-order valence-electron chi connectivity index (χ1n) is 12.9. The molecule has 2 aromatic rings. The lowest BCUT2D eigenvalue weighted by molar-refractivity contribution is -0.136. The molecular weight excluding hydrogens is 444 g/mol. The van der Waals surface area contributed by atoms with Crippen LogP contribution in [0.1, 0.15) is 92.7 Å². The van der Waals surface area contributed by atoms with E-state index in [0.717, 1.165) is 49.7 Å². The average Bonchev–Trinajstić information content (AvgIpc) is 3.54. The third-order valence-electron chi connectivity index (χ3n) is 7.29. The largest absolute Gasteiger partial charge is 0.481 e. The lowest BCUT2D eigenvalue weighted by atomic mass is 9.75. The number of carboxylic acid groups (broad SMARTS) is 1. The van der Waals surface area contributed by atoms with Crippen molar-refractivity contribution in [1.82, 2.24) is 10.3 Å². The van der Waals surface area contributed by atoms with Crippen molar-refractivity contribution >= 4 is 11.9 Å². The summed E-state index contributed by atoms with van der Waals surface area (Å²) in [5.41, 5.74) is 2.84. The lowest BCUT2D eigenvalue weighted by Crippen LogP contribution is -2.28. The molecule has 0 radical (unpaired) electrons. The maximum Gasteiger partial charge on any atom is 0.303 e. The van der Waals surface area contributed by atoms with Crippen molar-refractivity contribution in [3.8, 4) is 0 Å². The number of aliphatic carboxylic acids is 1. The number of benzene rings is 1. The summed E-state index contributed by atoms with van der Waals surface area (Å²) in [5.74, 6) is -0.236. The zero-order valence-electron chi connectivity index (χ0n) is 21.1. The van der Waals surface area contributed by atoms with Gasteiger partial charge in [-0.05, 0) is 55.1 Å². The Morgan fingerprint density at radius 3 is 2.60 bits per heavy atom. The number of nitrogens with one attached hydrogen (secondary N) is 1. The quantitative estimate of drug-likeness (QED) is 0.430. The molecule has 2 fully saturated rings. The number of rotatable bonds is 11. The van der Waals surface area contributed by atoms with E-state index in [1.807, 2.05) is 18.2 Å². The van der Waals surface area contributed by atoms with Gasteiger partial charge in [0.15, 0.2) is 5.69 Å². The van der Waals surface area contributed by atoms with Crippen LogP contribution in [0.5, 0.6) is 0 Å². The fraction of sp³-hybridized carbons (Fsp3) is 0.607. The van der Waals surface area contributed by atoms with Gasteiger partial charge in [-0.2, -0.15) is 0 Å². The van der Waals surface area contributed by atoms with Crippen LogP contribution in [0.15, 0.2) is 34.9 Å². The minimum absolute atomic E-state index is 0.00499. The van der Waals surface area contributed by atoms with Crippen molar-refractivity contribution in [3.05, 3.63) is 53.2 Å². The van der Waals surface area contributed by atoms with Gasteiger partial charge >= 0.3 is 5.97 Å². The van der Waals surface area contributed by atoms with E-state index < -0.39 is 5.97 Å². The molecule has 2 saturated heterocycles. The number of nitrogens with zero attached hydrogens (tertiary/aromatic N) is 1. The maximum atomic E-state index is 12.6. The number of carbonyl (C=O) groups is 2. The maximum absolute atomic E-state index is 12.6. The number of oxazole rings is 1. The molecule has 0 spiro atoms. The number of hydrogen-bond donors (Lipinski definition) is 2. The molecule has 2 aliphatic rings. The van der Waals surface area contributed by atoms with E-state index in [4.69, 9.17) is 14.3 Å². The minimum Gasteiger partial charge on any atom is -0.481 e. The number of aromatic nitrogens is 1. The first-order chi connectivity index (χ1) is 16.7. The Morgan fingerprint density at radius 2 is 1.86 bits per heavy atom. The predicted octanol–water partition coefficient (Wildman–Crippen LogP) is 5.14. The Kier molecular flexibility index (Phi) is 7.95. The molecule has 0 saturated carbocycles. The van der Waals surface area contributed by atoms with Gasteiger partial charge in [0.2, 0.25) is 5.89 Å². The van der Waals surface area contributed by atoms with Crippen LogP contribution in [-0.4, -0.2) is 40.7 Å². The van der Waals surface area contributed by atoms with E-state index >= 15 is 0 Å². The second-order valence-electron chi connectivity index (χ2n) is 11.2. The van der Waals surface area contributed by atoms with Crippen LogP contribution in [0.4, 0.5) is 0 Å². The zero-order chi connectivity index (χ0) is 25.0. The van der Waals surface area contributed by atoms with Gasteiger partial charge in [0.05, 0.1) is 18.1 Å². The molecule has 7 heteroatoms. The van der Waals surface area contributed by atoms with Crippen LogP contribution < -0.4 is 5.32 Å². The molecule has 3 heterocycles. The predicted molar refractivity (Wildman–Crippen MR) is 132 cm³/mol. The van der Waals surface area contributed by atoms with Crippen LogP contribution in [0, 0.1) is 11.3 Å². The van der Waals surface area contributed by atoms with Crippen molar-refractivity contribution in [1.29, 1.82) is 0 Å². The van der Waals surface area contributed by atoms with E-state index in [1.54, 1.807) is 0 Å². The summed E-state index contributed by atoms with van der Waals surface area (Å²) in [5, 5.41) is 12.1. The number of amides is 1. The highest BCUT2D eigenvalue weighted by Gasteiger charge is 2.51. The second kappa shape index (κ2) is 10.9. The summed E-state index contributed by atoms with van der Waals surface area (Å²) < 4.78 is 12.1. The van der Waals surface area contributed by atoms with E-state index in [1.165, 1.54) is 6.26 Å². The Balaban J connectivity index is 1.40. The fourth-order valence-electron chi connectivity index (χ4n) is 5.49. The van der Waals surface area contributed by atoms with Crippen molar-refractivity contribution in [3.63, 3.8) is 0 Å². The SMILES string of the molecule is CC(C)(C)CCCCNC(=O)c1coc([C@H]2[C@H](Cc3ccccc3CCC(=O)O)[C@@H]3CC[C@H]2O3)n1. The van der Waals surface area contributed by atoms with Crippen LogP contribution in [-0.2, 0) is 22.4 Å². The third-order valence-corrected chi connectivity index (χ3v) is 7.29. The smallest absolute Gasteiger partial charge is 0.303 e. The number of fused-ring (bicyclic) bond motifs is 2. The molecule has 4 rings (SSSR count). The van der Waals surface area contributed by atoms with Gasteiger partial charge in [0.25, 0.3) is 5.91 Å². The summed E-state index contributed by atoms with van der Waals surface area (Å²) in [6, 6.07) is 8.04. The normalized spacial score (nSPS) is 23.5. The molecule has 1 aromatic heterocycles. The number of unbranched alkanes of at least 4 members (excludes halogenated alkanes) is 1. The summed E-state index contributed by atoms with van der Waals surface area (Å²) in [6.07, 6.45) is 8.15. The van der Waals surface area contributed by atoms with Crippen molar-refractivity contribution < 1.29 is 23.8 Å². The highest BCUT2D eigenvalue weighted by molar-refractivity contribution is 5.91. The van der Waals surface area contributed by atoms with Gasteiger partial charge in [0, 0.05) is 18.9 Å². The van der Waals surface area contributed by atoms with Crippen LogP contribution >= 0.6 is 0 Å². The van der Waals surface area contributed by atoms with E-state index in [2.05, 4.69) is 37.1 Å². The molecule has 1 aromatic carbocycles. The third kappa shape index (κ3) is 6.51. The topological polar surface area (TPSA) is 102 Å². The first-order valence-corrected chi connectivity index (χ1v) is 12.9. The summed E-state index contributed by atoms with van der Waals surface area (Å²) in [4.78, 5) is 28.3. The summed E-state index contributed by atoms with van der Waals surface area (Å²) in [6.45, 7) is 7.31. The Labute approximate surface area is 207 Å². The van der Waals surface area contributed by atoms with E-state index in [0.29, 0.717) is 30.0 Å². The van der Waals surface area contributed by atoms with Crippen molar-refractivity contribution in [2.45, 2.75) is 90.3 Å². The average molecular weight is 483 g/mol. The minimum atomic E-state index is -0.791. The summed E-state index contributed by atoms with van der Waals surface area (Å²) >= 11 is 0. The number of carboxylic acids is 1. The van der Waals surface area contributed by atoms with E-state index in [9.17, 15) is 9.59 Å². The molecule has 0 unspecified atom stereocenters. The molecule has 2 aliphatic heterocycles. The number of carbonyl (C=O) groups excluding carboxylic acids is 1. The molecular formula is C28H38N2O5. The standard InChI is InChI=1S/C28H38N2O5/c1-28(2,3)14-6-7-15-29-26(33)21-17-34-27(30-21)25-20(22-11-12-23(25)35-22)16-19-9-5-4-8-18(19)10-13-24(31)32/h4-5,8-9,17,20,22-23,25H,6-7,10-16H2,1-3H3,(H,29,33)(H,31,32)/t20-,22+,23-,25+/m1/s1. The molecule has 1 amide bonds. The van der Waals surface area contributed by atoms with Gasteiger partial charge in [-0.15, -0.1) is 0 Å². The van der Waals surface area contributed by atoms with Gasteiger partial charge < -0.3 is 19.6 Å². The molecule has 7 nitrogen and oxygen atoms in total. The molecule has 2 bridgehead atoms. The van der Waals surface area contributed by atoms with Gasteiger partial charge in [0.1, 0.15) is 6.26 Å². The first kappa shape index (κ1) is 25.4. The van der Waals surface area contributed by atoms with Crippen LogP contribution in [0.2, 0.25) is 0 Å². The van der Waals surface area contributed by atoms with Gasteiger partial charge in [-0.1, -0.05) is 51.5 Å². The second-order valence-corrected chi connectivity index (χ2v) is 11.2. The monoisotopic (exact) mass is 482 g/mol. The Hall–Kier alpha value is -2.67. The molecule has 4 atom stereocenters.